The Morgan fingerprint density at radius 1 is 1.21 bits per heavy atom. The molecule has 0 spiro atoms. The van der Waals surface area contributed by atoms with Crippen LogP contribution in [0.15, 0.2) is 34.8 Å². The van der Waals surface area contributed by atoms with Crippen LogP contribution in [-0.2, 0) is 13.1 Å². The number of hydrogen-bond acceptors (Lipinski definition) is 4. The number of hydrogen-bond donors (Lipinski definition) is 2. The minimum absolute atomic E-state index is 0.719. The monoisotopic (exact) mass is 343 g/mol. The number of nitrogens with zero attached hydrogens (tertiary/aromatic N) is 3. The molecule has 5 nitrogen and oxygen atoms in total. The second kappa shape index (κ2) is 8.15. The molecular weight excluding hydrogens is 318 g/mol. The summed E-state index contributed by atoms with van der Waals surface area (Å²) in [6, 6.07) is 6.41. The molecule has 1 saturated heterocycles. The summed E-state index contributed by atoms with van der Waals surface area (Å²) in [5.74, 6) is 1.90. The van der Waals surface area contributed by atoms with E-state index < -0.39 is 0 Å². The molecule has 128 valence electrons. The molecule has 3 rings (SSSR count). The highest BCUT2D eigenvalue weighted by atomic mass is 32.1. The first-order valence-corrected chi connectivity index (χ1v) is 9.31. The number of rotatable bonds is 5. The molecular formula is C18H25N5S. The van der Waals surface area contributed by atoms with E-state index in [-0.39, 0.29) is 0 Å². The van der Waals surface area contributed by atoms with Crippen LogP contribution in [0.2, 0.25) is 0 Å². The average molecular weight is 344 g/mol. The summed E-state index contributed by atoms with van der Waals surface area (Å²) in [7, 11) is 1.80. The summed E-state index contributed by atoms with van der Waals surface area (Å²) in [5.41, 5.74) is 2.48. The predicted molar refractivity (Wildman–Crippen MR) is 102 cm³/mol. The molecule has 0 radical (unpaired) electrons. The number of aryl methyl sites for hydroxylation is 1. The Labute approximate surface area is 147 Å². The van der Waals surface area contributed by atoms with Gasteiger partial charge >= 0.3 is 0 Å². The second-order valence-corrected chi connectivity index (χ2v) is 7.03. The Morgan fingerprint density at radius 3 is 2.62 bits per heavy atom. The van der Waals surface area contributed by atoms with Gasteiger partial charge in [-0.1, -0.05) is 6.07 Å². The van der Waals surface area contributed by atoms with Crippen LogP contribution in [0.4, 0.5) is 5.82 Å². The molecule has 0 bridgehead atoms. The fourth-order valence-electron chi connectivity index (χ4n) is 2.81. The van der Waals surface area contributed by atoms with E-state index in [0.717, 1.165) is 43.5 Å². The number of aliphatic imine (C=N–C) groups is 1. The van der Waals surface area contributed by atoms with E-state index in [2.05, 4.69) is 56.0 Å². The van der Waals surface area contributed by atoms with Crippen LogP contribution in [-0.4, -0.2) is 31.1 Å². The van der Waals surface area contributed by atoms with Crippen LogP contribution in [0.1, 0.15) is 28.8 Å². The van der Waals surface area contributed by atoms with Crippen molar-refractivity contribution >= 4 is 23.1 Å². The summed E-state index contributed by atoms with van der Waals surface area (Å²) < 4.78 is 0. The zero-order valence-electron chi connectivity index (χ0n) is 14.4. The Kier molecular flexibility index (Phi) is 5.69. The van der Waals surface area contributed by atoms with Gasteiger partial charge < -0.3 is 15.5 Å². The summed E-state index contributed by atoms with van der Waals surface area (Å²) in [5, 5.41) is 8.83. The van der Waals surface area contributed by atoms with Crippen molar-refractivity contribution in [3.8, 4) is 0 Å². The van der Waals surface area contributed by atoms with Crippen molar-refractivity contribution in [2.24, 2.45) is 4.99 Å². The number of thiophene rings is 1. The standard InChI is InChI=1S/C18H25N5S/c1-14-7-10-24-16(14)13-22-18(19-2)21-12-15-5-6-17(20-11-15)23-8-3-4-9-23/h5-7,10-11H,3-4,8-9,12-13H2,1-2H3,(H2,19,21,22). The van der Waals surface area contributed by atoms with Gasteiger partial charge in [0.2, 0.25) is 0 Å². The molecule has 0 aromatic carbocycles. The van der Waals surface area contributed by atoms with Crippen molar-refractivity contribution in [1.82, 2.24) is 15.6 Å². The van der Waals surface area contributed by atoms with Crippen molar-refractivity contribution in [3.63, 3.8) is 0 Å². The molecule has 24 heavy (non-hydrogen) atoms. The molecule has 2 aromatic rings. The number of pyridine rings is 1. The summed E-state index contributed by atoms with van der Waals surface area (Å²) in [6.45, 7) is 5.91. The maximum atomic E-state index is 4.59. The third kappa shape index (κ3) is 4.26. The van der Waals surface area contributed by atoms with Gasteiger partial charge in [-0.3, -0.25) is 4.99 Å². The molecule has 0 saturated carbocycles. The largest absolute Gasteiger partial charge is 0.357 e. The van der Waals surface area contributed by atoms with E-state index in [1.807, 2.05) is 6.20 Å². The van der Waals surface area contributed by atoms with Crippen LogP contribution in [0.25, 0.3) is 0 Å². The maximum Gasteiger partial charge on any atom is 0.191 e. The molecule has 2 N–H and O–H groups in total. The van der Waals surface area contributed by atoms with E-state index in [4.69, 9.17) is 0 Å². The number of guanidine groups is 1. The van der Waals surface area contributed by atoms with E-state index in [1.54, 1.807) is 18.4 Å². The van der Waals surface area contributed by atoms with E-state index in [0.29, 0.717) is 0 Å². The van der Waals surface area contributed by atoms with Crippen molar-refractivity contribution < 1.29 is 0 Å². The predicted octanol–water partition coefficient (Wildman–Crippen LogP) is 2.92. The van der Waals surface area contributed by atoms with Crippen molar-refractivity contribution in [2.45, 2.75) is 32.9 Å². The van der Waals surface area contributed by atoms with Gasteiger partial charge in [0.05, 0.1) is 6.54 Å². The first-order chi connectivity index (χ1) is 11.8. The minimum Gasteiger partial charge on any atom is -0.357 e. The zero-order valence-corrected chi connectivity index (χ0v) is 15.2. The topological polar surface area (TPSA) is 52.6 Å². The highest BCUT2D eigenvalue weighted by Crippen LogP contribution is 2.17. The molecule has 6 heteroatoms. The lowest BCUT2D eigenvalue weighted by Gasteiger charge is -2.16. The molecule has 0 aliphatic carbocycles. The summed E-state index contributed by atoms with van der Waals surface area (Å²) in [6.07, 6.45) is 4.50. The number of nitrogens with one attached hydrogen (secondary N) is 2. The Hall–Kier alpha value is -2.08. The maximum absolute atomic E-state index is 4.59. The Balaban J connectivity index is 1.49. The molecule has 0 atom stereocenters. The quantitative estimate of drug-likeness (QED) is 0.647. The molecule has 3 heterocycles. The van der Waals surface area contributed by atoms with E-state index in [9.17, 15) is 0 Å². The highest BCUT2D eigenvalue weighted by Gasteiger charge is 2.12. The van der Waals surface area contributed by atoms with Crippen LogP contribution in [0.5, 0.6) is 0 Å². The number of anilines is 1. The third-order valence-corrected chi connectivity index (χ3v) is 5.33. The normalized spacial score (nSPS) is 14.9. The lowest BCUT2D eigenvalue weighted by Crippen LogP contribution is -2.36. The SMILES string of the molecule is CN=C(NCc1ccc(N2CCCC2)nc1)NCc1sccc1C. The van der Waals surface area contributed by atoms with Gasteiger partial charge in [0.15, 0.2) is 5.96 Å². The summed E-state index contributed by atoms with van der Waals surface area (Å²) >= 11 is 1.77. The van der Waals surface area contributed by atoms with E-state index >= 15 is 0 Å². The molecule has 1 aliphatic heterocycles. The fraction of sp³-hybridized carbons (Fsp3) is 0.444. The van der Waals surface area contributed by atoms with Crippen LogP contribution >= 0.6 is 11.3 Å². The zero-order chi connectivity index (χ0) is 16.8. The Morgan fingerprint density at radius 2 is 2.00 bits per heavy atom. The first-order valence-electron chi connectivity index (χ1n) is 8.43. The number of aromatic nitrogens is 1. The highest BCUT2D eigenvalue weighted by molar-refractivity contribution is 7.10. The van der Waals surface area contributed by atoms with Crippen molar-refractivity contribution in [2.75, 3.05) is 25.0 Å². The van der Waals surface area contributed by atoms with Gasteiger partial charge in [0, 0.05) is 37.8 Å². The molecule has 2 aromatic heterocycles. The first kappa shape index (κ1) is 16.8. The molecule has 1 aliphatic rings. The van der Waals surface area contributed by atoms with Crippen LogP contribution in [0.3, 0.4) is 0 Å². The van der Waals surface area contributed by atoms with E-state index in [1.165, 1.54) is 23.3 Å². The smallest absolute Gasteiger partial charge is 0.191 e. The minimum atomic E-state index is 0.719. The lowest BCUT2D eigenvalue weighted by atomic mass is 10.2. The van der Waals surface area contributed by atoms with Crippen molar-refractivity contribution in [1.29, 1.82) is 0 Å². The van der Waals surface area contributed by atoms with Crippen LogP contribution in [0, 0.1) is 6.92 Å². The van der Waals surface area contributed by atoms with Gasteiger partial charge in [-0.05, 0) is 48.4 Å². The molecule has 0 unspecified atom stereocenters. The van der Waals surface area contributed by atoms with Gasteiger partial charge in [0.25, 0.3) is 0 Å². The van der Waals surface area contributed by atoms with Gasteiger partial charge in [-0.25, -0.2) is 4.98 Å². The van der Waals surface area contributed by atoms with Gasteiger partial charge in [-0.15, -0.1) is 11.3 Å². The van der Waals surface area contributed by atoms with Gasteiger partial charge in [-0.2, -0.15) is 0 Å². The fourth-order valence-corrected chi connectivity index (χ4v) is 3.66. The average Bonchev–Trinajstić information content (AvgIpc) is 3.28. The van der Waals surface area contributed by atoms with Crippen LogP contribution < -0.4 is 15.5 Å². The molecule has 1 fully saturated rings. The second-order valence-electron chi connectivity index (χ2n) is 6.02. The summed E-state index contributed by atoms with van der Waals surface area (Å²) in [4.78, 5) is 12.6. The Bertz CT molecular complexity index is 671. The lowest BCUT2D eigenvalue weighted by molar-refractivity contribution is 0.810. The van der Waals surface area contributed by atoms with Crippen molar-refractivity contribution in [3.05, 3.63) is 45.8 Å². The van der Waals surface area contributed by atoms with Gasteiger partial charge in [0.1, 0.15) is 5.82 Å². The third-order valence-electron chi connectivity index (χ3n) is 4.31. The molecule has 0 amide bonds.